The fraction of sp³-hybridized carbons (Fsp3) is 0.200. The number of carbonyl (C=O) groups excluding carboxylic acids is 1. The van der Waals surface area contributed by atoms with Crippen LogP contribution in [0.25, 0.3) is 0 Å². The van der Waals surface area contributed by atoms with Crippen molar-refractivity contribution in [2.24, 2.45) is 5.10 Å². The van der Waals surface area contributed by atoms with Gasteiger partial charge in [-0.15, -0.1) is 0 Å². The third-order valence-electron chi connectivity index (χ3n) is 2.42. The quantitative estimate of drug-likeness (QED) is 0.655. The molecule has 0 aliphatic carbocycles. The Hall–Kier alpha value is -0.150. The van der Waals surface area contributed by atoms with Crippen molar-refractivity contribution in [1.29, 1.82) is 0 Å². The normalized spacial score (nSPS) is 15.1. The van der Waals surface area contributed by atoms with Crippen molar-refractivity contribution in [3.63, 3.8) is 0 Å². The van der Waals surface area contributed by atoms with Crippen molar-refractivity contribution < 1.29 is 17.8 Å². The van der Waals surface area contributed by atoms with Crippen LogP contribution in [0.3, 0.4) is 0 Å². The fourth-order valence-corrected chi connectivity index (χ4v) is 2.95. The summed E-state index contributed by atoms with van der Waals surface area (Å²) in [6.45, 7) is 1.68. The van der Waals surface area contributed by atoms with Crippen LogP contribution in [0, 0.1) is 0 Å². The van der Waals surface area contributed by atoms with Crippen molar-refractivity contribution in [1.82, 2.24) is 0 Å². The van der Waals surface area contributed by atoms with Crippen LogP contribution in [-0.4, -0.2) is 54.1 Å². The molecule has 1 aromatic rings. The zero-order valence-electron chi connectivity index (χ0n) is 10.6. The molecule has 103 valence electrons. The molecule has 1 aromatic carbocycles. The van der Waals surface area contributed by atoms with Gasteiger partial charge in [0.25, 0.3) is 16.0 Å². The number of carbonyl (C=O) groups is 1. The standard InChI is InChI=1S/C10H8Cl2N2O4S.Na/c1-5-2-10(15)14(13-5)8-3-7(12)9(4-6(8)11)19(16,17)18;/h3-4H,2H2,1H3,(H,16,17,18);. The first-order chi connectivity index (χ1) is 8.70. The first kappa shape index (κ1) is 17.9. The zero-order chi connectivity index (χ0) is 14.4. The van der Waals surface area contributed by atoms with Gasteiger partial charge in [0.15, 0.2) is 0 Å². The summed E-state index contributed by atoms with van der Waals surface area (Å²) in [5.41, 5.74) is 0.775. The molecular formula is C10H8Cl2N2NaO4S. The largest absolute Gasteiger partial charge is 0.296 e. The summed E-state index contributed by atoms with van der Waals surface area (Å²) in [7, 11) is -4.48. The molecule has 0 spiro atoms. The number of amides is 1. The van der Waals surface area contributed by atoms with E-state index >= 15 is 0 Å². The Kier molecular flexibility index (Phi) is 5.65. The number of anilines is 1. The average Bonchev–Trinajstić information content (AvgIpc) is 2.59. The Morgan fingerprint density at radius 3 is 2.35 bits per heavy atom. The molecule has 0 saturated carbocycles. The minimum atomic E-state index is -4.48. The third kappa shape index (κ3) is 3.54. The van der Waals surface area contributed by atoms with E-state index in [0.717, 1.165) is 11.1 Å². The molecular weight excluding hydrogens is 338 g/mol. The molecule has 0 fully saturated rings. The maximum absolute atomic E-state index is 11.7. The predicted molar refractivity (Wildman–Crippen MR) is 77.2 cm³/mol. The van der Waals surface area contributed by atoms with Crippen LogP contribution in [0.1, 0.15) is 13.3 Å². The SMILES string of the molecule is CC1=NN(c2cc(Cl)c(S(=O)(=O)O)cc2Cl)C(=O)C1.[Na]. The molecule has 6 nitrogen and oxygen atoms in total. The van der Waals surface area contributed by atoms with Gasteiger partial charge in [-0.05, 0) is 19.1 Å². The molecule has 10 heteroatoms. The van der Waals surface area contributed by atoms with Crippen molar-refractivity contribution >= 4 is 80.2 Å². The van der Waals surface area contributed by atoms with Gasteiger partial charge in [0.05, 0.1) is 22.2 Å². The van der Waals surface area contributed by atoms with Crippen LogP contribution in [0.4, 0.5) is 5.69 Å². The van der Waals surface area contributed by atoms with E-state index in [9.17, 15) is 13.2 Å². The van der Waals surface area contributed by atoms with E-state index in [1.807, 2.05) is 0 Å². The smallest absolute Gasteiger partial charge is 0.282 e. The Morgan fingerprint density at radius 2 is 1.90 bits per heavy atom. The number of halogens is 2. The van der Waals surface area contributed by atoms with Crippen LogP contribution < -0.4 is 5.01 Å². The first-order valence-corrected chi connectivity index (χ1v) is 7.23. The van der Waals surface area contributed by atoms with Crippen LogP contribution in [0.2, 0.25) is 10.0 Å². The average molecular weight is 346 g/mol. The van der Waals surface area contributed by atoms with Crippen LogP contribution in [0.5, 0.6) is 0 Å². The Bertz CT molecular complexity index is 705. The minimum absolute atomic E-state index is 0. The molecule has 0 unspecified atom stereocenters. The van der Waals surface area contributed by atoms with Gasteiger partial charge in [0, 0.05) is 35.3 Å². The summed E-state index contributed by atoms with van der Waals surface area (Å²) >= 11 is 11.7. The van der Waals surface area contributed by atoms with E-state index < -0.39 is 15.0 Å². The predicted octanol–water partition coefficient (Wildman–Crippen LogP) is 1.97. The third-order valence-corrected chi connectivity index (χ3v) is 4.04. The van der Waals surface area contributed by atoms with Gasteiger partial charge in [-0.3, -0.25) is 9.35 Å². The second-order valence-electron chi connectivity index (χ2n) is 3.93. The van der Waals surface area contributed by atoms with Gasteiger partial charge in [0.1, 0.15) is 4.90 Å². The van der Waals surface area contributed by atoms with Gasteiger partial charge in [-0.1, -0.05) is 23.2 Å². The van der Waals surface area contributed by atoms with Crippen molar-refractivity contribution in [2.75, 3.05) is 5.01 Å². The maximum atomic E-state index is 11.7. The molecule has 1 N–H and O–H groups in total. The molecule has 1 aliphatic rings. The molecule has 1 radical (unpaired) electrons. The number of benzene rings is 1. The van der Waals surface area contributed by atoms with Crippen molar-refractivity contribution in [3.05, 3.63) is 22.2 Å². The van der Waals surface area contributed by atoms with Crippen LogP contribution >= 0.6 is 23.2 Å². The first-order valence-electron chi connectivity index (χ1n) is 5.03. The molecule has 1 aliphatic heterocycles. The van der Waals surface area contributed by atoms with E-state index in [1.165, 1.54) is 6.07 Å². The number of rotatable bonds is 2. The Morgan fingerprint density at radius 1 is 1.30 bits per heavy atom. The number of nitrogens with zero attached hydrogens (tertiary/aromatic N) is 2. The molecule has 0 bridgehead atoms. The summed E-state index contributed by atoms with van der Waals surface area (Å²) in [4.78, 5) is 11.2. The fourth-order valence-electron chi connectivity index (χ4n) is 1.62. The van der Waals surface area contributed by atoms with Gasteiger partial charge in [0.2, 0.25) is 0 Å². The number of hydrogen-bond donors (Lipinski definition) is 1. The Labute approximate surface area is 147 Å². The number of hydrazone groups is 1. The van der Waals surface area contributed by atoms with Crippen LogP contribution in [0.15, 0.2) is 22.1 Å². The maximum Gasteiger partial charge on any atom is 0.296 e. The molecule has 0 aromatic heterocycles. The topological polar surface area (TPSA) is 87.0 Å². The molecule has 2 rings (SSSR count). The molecule has 20 heavy (non-hydrogen) atoms. The molecule has 0 atom stereocenters. The van der Waals surface area contributed by atoms with Gasteiger partial charge in [-0.25, -0.2) is 0 Å². The monoisotopic (exact) mass is 345 g/mol. The van der Waals surface area contributed by atoms with Crippen molar-refractivity contribution in [2.45, 2.75) is 18.2 Å². The minimum Gasteiger partial charge on any atom is -0.282 e. The van der Waals surface area contributed by atoms with Gasteiger partial charge < -0.3 is 0 Å². The number of hydrogen-bond acceptors (Lipinski definition) is 4. The van der Waals surface area contributed by atoms with E-state index in [1.54, 1.807) is 6.92 Å². The zero-order valence-corrected chi connectivity index (χ0v) is 14.9. The second-order valence-corrected chi connectivity index (χ2v) is 6.13. The van der Waals surface area contributed by atoms with Gasteiger partial charge in [-0.2, -0.15) is 18.5 Å². The molecule has 0 saturated heterocycles. The van der Waals surface area contributed by atoms with E-state index in [4.69, 9.17) is 27.8 Å². The van der Waals surface area contributed by atoms with E-state index in [-0.39, 0.29) is 57.6 Å². The second kappa shape index (κ2) is 6.31. The Balaban J connectivity index is 0.00000200. The molecule has 1 heterocycles. The van der Waals surface area contributed by atoms with Crippen molar-refractivity contribution in [3.8, 4) is 0 Å². The summed E-state index contributed by atoms with van der Waals surface area (Å²) < 4.78 is 31.1. The summed E-state index contributed by atoms with van der Waals surface area (Å²) in [5, 5.41) is 4.74. The summed E-state index contributed by atoms with van der Waals surface area (Å²) in [6.07, 6.45) is 0.161. The van der Waals surface area contributed by atoms with Gasteiger partial charge >= 0.3 is 0 Å². The summed E-state index contributed by atoms with van der Waals surface area (Å²) in [5.74, 6) is -0.296. The van der Waals surface area contributed by atoms with E-state index in [0.29, 0.717) is 5.71 Å². The van der Waals surface area contributed by atoms with E-state index in [2.05, 4.69) is 5.10 Å². The van der Waals surface area contributed by atoms with Crippen LogP contribution in [-0.2, 0) is 14.9 Å². The summed E-state index contributed by atoms with van der Waals surface area (Å²) in [6, 6.07) is 2.15. The molecule has 1 amide bonds.